The van der Waals surface area contributed by atoms with E-state index in [0.29, 0.717) is 11.8 Å². The van der Waals surface area contributed by atoms with E-state index in [4.69, 9.17) is 0 Å². The summed E-state index contributed by atoms with van der Waals surface area (Å²) in [4.78, 5) is 14.5. The lowest BCUT2D eigenvalue weighted by atomic mass is 10.2. The zero-order valence-electron chi connectivity index (χ0n) is 14.9. The standard InChI is InChI=1S/C19H25N5OS/c25-18(20-16-8-9-16)14-26-19-22-21-17(13-23-10-4-5-11-23)24(19)12-15-6-2-1-3-7-15/h1-3,6-7,16H,4-5,8-14H2,(H,20,25). The first kappa shape index (κ1) is 17.5. The highest BCUT2D eigenvalue weighted by Gasteiger charge is 2.24. The van der Waals surface area contributed by atoms with Crippen molar-refractivity contribution < 1.29 is 4.79 Å². The fraction of sp³-hybridized carbons (Fsp3) is 0.526. The molecule has 1 N–H and O–H groups in total. The Balaban J connectivity index is 1.47. The van der Waals surface area contributed by atoms with Gasteiger partial charge >= 0.3 is 0 Å². The van der Waals surface area contributed by atoms with Crippen molar-refractivity contribution in [1.29, 1.82) is 0 Å². The molecule has 1 saturated heterocycles. The van der Waals surface area contributed by atoms with Crippen LogP contribution in [0.4, 0.5) is 0 Å². The highest BCUT2D eigenvalue weighted by molar-refractivity contribution is 7.99. The second kappa shape index (κ2) is 8.22. The number of nitrogens with zero attached hydrogens (tertiary/aromatic N) is 4. The first-order valence-corrected chi connectivity index (χ1v) is 10.4. The smallest absolute Gasteiger partial charge is 0.230 e. The summed E-state index contributed by atoms with van der Waals surface area (Å²) in [5.41, 5.74) is 1.22. The van der Waals surface area contributed by atoms with Crippen LogP contribution in [0.15, 0.2) is 35.5 Å². The third-order valence-electron chi connectivity index (χ3n) is 4.82. The van der Waals surface area contributed by atoms with Crippen LogP contribution in [0.2, 0.25) is 0 Å². The van der Waals surface area contributed by atoms with E-state index in [-0.39, 0.29) is 5.91 Å². The molecule has 1 aliphatic carbocycles. The van der Waals surface area contributed by atoms with Gasteiger partial charge in [0.25, 0.3) is 0 Å². The Bertz CT molecular complexity index is 738. The van der Waals surface area contributed by atoms with Gasteiger partial charge in [-0.05, 0) is 44.3 Å². The lowest BCUT2D eigenvalue weighted by Crippen LogP contribution is -2.27. The van der Waals surface area contributed by atoms with Gasteiger partial charge in [0.1, 0.15) is 5.82 Å². The monoisotopic (exact) mass is 371 g/mol. The van der Waals surface area contributed by atoms with Crippen LogP contribution >= 0.6 is 11.8 Å². The summed E-state index contributed by atoms with van der Waals surface area (Å²) < 4.78 is 2.17. The predicted molar refractivity (Wildman–Crippen MR) is 102 cm³/mol. The molecule has 0 radical (unpaired) electrons. The molecule has 138 valence electrons. The van der Waals surface area contributed by atoms with Gasteiger partial charge in [-0.2, -0.15) is 0 Å². The third-order valence-corrected chi connectivity index (χ3v) is 5.78. The Labute approximate surface area is 158 Å². The average molecular weight is 372 g/mol. The molecule has 1 amide bonds. The maximum atomic E-state index is 12.0. The van der Waals surface area contributed by atoms with Gasteiger partial charge in [0, 0.05) is 6.04 Å². The van der Waals surface area contributed by atoms with Crippen molar-refractivity contribution in [3.05, 3.63) is 41.7 Å². The average Bonchev–Trinajstić information content (AvgIpc) is 3.16. The third kappa shape index (κ3) is 4.65. The summed E-state index contributed by atoms with van der Waals surface area (Å²) >= 11 is 1.48. The molecule has 0 unspecified atom stereocenters. The number of hydrogen-bond donors (Lipinski definition) is 1. The van der Waals surface area contributed by atoms with E-state index < -0.39 is 0 Å². The quantitative estimate of drug-likeness (QED) is 0.722. The molecule has 1 aromatic heterocycles. The van der Waals surface area contributed by atoms with Crippen LogP contribution in [0.1, 0.15) is 37.1 Å². The molecule has 1 aromatic carbocycles. The van der Waals surface area contributed by atoms with Gasteiger partial charge in [-0.15, -0.1) is 10.2 Å². The highest BCUT2D eigenvalue weighted by Crippen LogP contribution is 2.22. The lowest BCUT2D eigenvalue weighted by molar-refractivity contribution is -0.118. The van der Waals surface area contributed by atoms with E-state index in [0.717, 1.165) is 50.0 Å². The van der Waals surface area contributed by atoms with Gasteiger partial charge in [0.2, 0.25) is 5.91 Å². The number of hydrogen-bond acceptors (Lipinski definition) is 5. The first-order chi connectivity index (χ1) is 12.8. The van der Waals surface area contributed by atoms with Crippen LogP contribution < -0.4 is 5.32 Å². The van der Waals surface area contributed by atoms with Crippen molar-refractivity contribution >= 4 is 17.7 Å². The molecule has 26 heavy (non-hydrogen) atoms. The highest BCUT2D eigenvalue weighted by atomic mass is 32.2. The van der Waals surface area contributed by atoms with E-state index in [1.165, 1.54) is 30.2 Å². The minimum absolute atomic E-state index is 0.0906. The fourth-order valence-electron chi connectivity index (χ4n) is 3.24. The number of carbonyl (C=O) groups is 1. The minimum atomic E-state index is 0.0906. The molecule has 0 atom stereocenters. The van der Waals surface area contributed by atoms with Crippen LogP contribution in [-0.2, 0) is 17.9 Å². The van der Waals surface area contributed by atoms with Gasteiger partial charge in [0.15, 0.2) is 5.16 Å². The van der Waals surface area contributed by atoms with Crippen LogP contribution in [0, 0.1) is 0 Å². The summed E-state index contributed by atoms with van der Waals surface area (Å²) in [6.07, 6.45) is 4.74. The SMILES string of the molecule is O=C(CSc1nnc(CN2CCCC2)n1Cc1ccccc1)NC1CC1. The summed E-state index contributed by atoms with van der Waals surface area (Å²) in [5.74, 6) is 1.47. The van der Waals surface area contributed by atoms with E-state index in [1.807, 2.05) is 6.07 Å². The summed E-state index contributed by atoms with van der Waals surface area (Å²) in [7, 11) is 0. The van der Waals surface area contributed by atoms with E-state index >= 15 is 0 Å². The largest absolute Gasteiger partial charge is 0.353 e. The van der Waals surface area contributed by atoms with Gasteiger partial charge < -0.3 is 9.88 Å². The molecular formula is C19H25N5OS. The number of aromatic nitrogens is 3. The summed E-state index contributed by atoms with van der Waals surface area (Å²) in [6, 6.07) is 10.8. The first-order valence-electron chi connectivity index (χ1n) is 9.38. The summed E-state index contributed by atoms with van der Waals surface area (Å²) in [6.45, 7) is 3.83. The molecule has 0 bridgehead atoms. The van der Waals surface area contributed by atoms with Crippen molar-refractivity contribution in [1.82, 2.24) is 25.0 Å². The maximum absolute atomic E-state index is 12.0. The predicted octanol–water partition coefficient (Wildman–Crippen LogP) is 2.29. The molecule has 6 nitrogen and oxygen atoms in total. The Morgan fingerprint density at radius 1 is 1.12 bits per heavy atom. The zero-order valence-corrected chi connectivity index (χ0v) is 15.7. The van der Waals surface area contributed by atoms with Crippen molar-refractivity contribution in [3.63, 3.8) is 0 Å². The fourth-order valence-corrected chi connectivity index (χ4v) is 4.00. The van der Waals surface area contributed by atoms with Gasteiger partial charge in [-0.1, -0.05) is 42.1 Å². The van der Waals surface area contributed by atoms with E-state index in [2.05, 4.69) is 49.2 Å². The van der Waals surface area contributed by atoms with E-state index in [1.54, 1.807) is 0 Å². The van der Waals surface area contributed by atoms with Gasteiger partial charge in [0.05, 0.1) is 18.8 Å². The van der Waals surface area contributed by atoms with Gasteiger partial charge in [-0.3, -0.25) is 9.69 Å². The molecule has 7 heteroatoms. The number of nitrogens with one attached hydrogen (secondary N) is 1. The Morgan fingerprint density at radius 2 is 1.88 bits per heavy atom. The van der Waals surface area contributed by atoms with Gasteiger partial charge in [-0.25, -0.2) is 0 Å². The normalized spacial score (nSPS) is 17.5. The number of likely N-dealkylation sites (tertiary alicyclic amines) is 1. The Hall–Kier alpha value is -1.86. The Kier molecular flexibility index (Phi) is 5.55. The lowest BCUT2D eigenvalue weighted by Gasteiger charge is -2.16. The molecule has 2 fully saturated rings. The van der Waals surface area contributed by atoms with Crippen molar-refractivity contribution in [2.45, 2.75) is 50.0 Å². The van der Waals surface area contributed by atoms with Crippen LogP contribution in [0.3, 0.4) is 0 Å². The molecule has 1 aliphatic heterocycles. The summed E-state index contributed by atoms with van der Waals surface area (Å²) in [5, 5.41) is 12.7. The second-order valence-corrected chi connectivity index (χ2v) is 8.03. The van der Waals surface area contributed by atoms with Crippen molar-refractivity contribution in [2.75, 3.05) is 18.8 Å². The number of benzene rings is 1. The van der Waals surface area contributed by atoms with E-state index in [9.17, 15) is 4.79 Å². The number of amides is 1. The maximum Gasteiger partial charge on any atom is 0.230 e. The van der Waals surface area contributed by atoms with Crippen LogP contribution in [0.5, 0.6) is 0 Å². The van der Waals surface area contributed by atoms with Crippen molar-refractivity contribution in [3.8, 4) is 0 Å². The molecule has 1 saturated carbocycles. The molecular weight excluding hydrogens is 346 g/mol. The van der Waals surface area contributed by atoms with Crippen molar-refractivity contribution in [2.24, 2.45) is 0 Å². The number of rotatable bonds is 8. The second-order valence-electron chi connectivity index (χ2n) is 7.08. The molecule has 4 rings (SSSR count). The topological polar surface area (TPSA) is 63.1 Å². The van der Waals surface area contributed by atoms with Crippen LogP contribution in [-0.4, -0.2) is 50.5 Å². The Morgan fingerprint density at radius 3 is 2.62 bits per heavy atom. The molecule has 2 heterocycles. The minimum Gasteiger partial charge on any atom is -0.353 e. The zero-order chi connectivity index (χ0) is 17.8. The number of carbonyl (C=O) groups excluding carboxylic acids is 1. The molecule has 0 spiro atoms. The van der Waals surface area contributed by atoms with Crippen LogP contribution in [0.25, 0.3) is 0 Å². The number of thioether (sulfide) groups is 1. The molecule has 2 aliphatic rings. The molecule has 2 aromatic rings.